The lowest BCUT2D eigenvalue weighted by molar-refractivity contribution is -0.149. The highest BCUT2D eigenvalue weighted by atomic mass is 16.5. The average Bonchev–Trinajstić information content (AvgIpc) is 3.07. The lowest BCUT2D eigenvalue weighted by Gasteiger charge is -2.31. The van der Waals surface area contributed by atoms with Crippen LogP contribution in [0.2, 0.25) is 0 Å². The second-order valence-electron chi connectivity index (χ2n) is 6.32. The Balaban J connectivity index is 1.80. The van der Waals surface area contributed by atoms with Crippen LogP contribution in [0.1, 0.15) is 39.5 Å². The van der Waals surface area contributed by atoms with E-state index in [0.717, 1.165) is 32.5 Å². The summed E-state index contributed by atoms with van der Waals surface area (Å²) in [7, 11) is 1.44. The van der Waals surface area contributed by atoms with Crippen LogP contribution in [0, 0.1) is 5.92 Å². The van der Waals surface area contributed by atoms with Gasteiger partial charge in [0.25, 0.3) is 0 Å². The van der Waals surface area contributed by atoms with Gasteiger partial charge in [-0.25, -0.2) is 0 Å². The predicted molar refractivity (Wildman–Crippen MR) is 75.5 cm³/mol. The average molecular weight is 285 g/mol. The van der Waals surface area contributed by atoms with E-state index < -0.39 is 5.54 Å². The largest absolute Gasteiger partial charge is 0.468 e. The highest BCUT2D eigenvalue weighted by Crippen LogP contribution is 2.26. The molecule has 1 saturated carbocycles. The van der Waals surface area contributed by atoms with Crippen molar-refractivity contribution in [2.24, 2.45) is 5.92 Å². The highest BCUT2D eigenvalue weighted by molar-refractivity contribution is 5.80. The number of hydrogen-bond donors (Lipinski definition) is 1. The summed E-state index contributed by atoms with van der Waals surface area (Å²) in [5, 5.41) is 3.40. The van der Waals surface area contributed by atoms with Gasteiger partial charge < -0.3 is 14.2 Å². The third-order valence-corrected chi connectivity index (χ3v) is 4.07. The number of rotatable bonds is 8. The monoisotopic (exact) mass is 285 g/mol. The molecule has 2 aliphatic rings. The zero-order valence-corrected chi connectivity index (χ0v) is 12.8. The number of hydrogen-bond acceptors (Lipinski definition) is 5. The SMILES string of the molecule is COC(=O)C(C)(CC(C)OCC1CCOC1)NC1CC1. The molecule has 0 aromatic heterocycles. The predicted octanol–water partition coefficient (Wildman–Crippen LogP) is 1.50. The molecule has 116 valence electrons. The van der Waals surface area contributed by atoms with Gasteiger partial charge in [-0.1, -0.05) is 0 Å². The van der Waals surface area contributed by atoms with Gasteiger partial charge in [-0.2, -0.15) is 0 Å². The van der Waals surface area contributed by atoms with Crippen LogP contribution in [0.25, 0.3) is 0 Å². The van der Waals surface area contributed by atoms with Crippen molar-refractivity contribution in [2.75, 3.05) is 26.9 Å². The number of ether oxygens (including phenoxy) is 3. The van der Waals surface area contributed by atoms with Crippen molar-refractivity contribution in [3.63, 3.8) is 0 Å². The van der Waals surface area contributed by atoms with Crippen molar-refractivity contribution < 1.29 is 19.0 Å². The quantitative estimate of drug-likeness (QED) is 0.685. The van der Waals surface area contributed by atoms with Crippen molar-refractivity contribution in [3.8, 4) is 0 Å². The van der Waals surface area contributed by atoms with Gasteiger partial charge in [0.1, 0.15) is 5.54 Å². The first-order valence-electron chi connectivity index (χ1n) is 7.59. The number of carbonyl (C=O) groups excluding carboxylic acids is 1. The van der Waals surface area contributed by atoms with Crippen molar-refractivity contribution in [2.45, 2.75) is 57.2 Å². The van der Waals surface area contributed by atoms with Crippen molar-refractivity contribution in [1.29, 1.82) is 0 Å². The highest BCUT2D eigenvalue weighted by Gasteiger charge is 2.40. The van der Waals surface area contributed by atoms with E-state index in [-0.39, 0.29) is 12.1 Å². The molecule has 5 heteroatoms. The van der Waals surface area contributed by atoms with Crippen LogP contribution in [0.4, 0.5) is 0 Å². The van der Waals surface area contributed by atoms with E-state index in [1.54, 1.807) is 0 Å². The van der Waals surface area contributed by atoms with E-state index in [1.165, 1.54) is 7.11 Å². The summed E-state index contributed by atoms with van der Waals surface area (Å²) in [4.78, 5) is 12.0. The van der Waals surface area contributed by atoms with E-state index in [2.05, 4.69) is 5.32 Å². The smallest absolute Gasteiger partial charge is 0.325 e. The molecule has 0 spiro atoms. The third-order valence-electron chi connectivity index (χ3n) is 4.07. The lowest BCUT2D eigenvalue weighted by atomic mass is 9.94. The van der Waals surface area contributed by atoms with Gasteiger partial charge in [0, 0.05) is 25.0 Å². The minimum absolute atomic E-state index is 0.0194. The Labute approximate surface area is 121 Å². The molecule has 1 N–H and O–H groups in total. The molecule has 5 nitrogen and oxygen atoms in total. The second-order valence-corrected chi connectivity index (χ2v) is 6.32. The maximum atomic E-state index is 12.0. The summed E-state index contributed by atoms with van der Waals surface area (Å²) in [6, 6.07) is 0.453. The first kappa shape index (κ1) is 15.7. The molecule has 1 aliphatic heterocycles. The maximum absolute atomic E-state index is 12.0. The molecule has 3 unspecified atom stereocenters. The van der Waals surface area contributed by atoms with Crippen molar-refractivity contribution in [1.82, 2.24) is 5.32 Å². The summed E-state index contributed by atoms with van der Waals surface area (Å²) in [5.41, 5.74) is -0.651. The summed E-state index contributed by atoms with van der Waals surface area (Å²) in [5.74, 6) is 0.294. The molecule has 0 amide bonds. The third kappa shape index (κ3) is 4.43. The molecular formula is C15H27NO4. The van der Waals surface area contributed by atoms with Crippen LogP contribution in [0.5, 0.6) is 0 Å². The Morgan fingerprint density at radius 2 is 2.20 bits per heavy atom. The summed E-state index contributed by atoms with van der Waals surface area (Å²) < 4.78 is 16.2. The topological polar surface area (TPSA) is 56.8 Å². The van der Waals surface area contributed by atoms with Gasteiger partial charge in [-0.3, -0.25) is 10.1 Å². The molecule has 1 aliphatic carbocycles. The molecule has 1 saturated heterocycles. The fraction of sp³-hybridized carbons (Fsp3) is 0.933. The molecule has 20 heavy (non-hydrogen) atoms. The van der Waals surface area contributed by atoms with E-state index in [9.17, 15) is 4.79 Å². The molecular weight excluding hydrogens is 258 g/mol. The van der Waals surface area contributed by atoms with Gasteiger partial charge in [0.05, 0.1) is 26.4 Å². The van der Waals surface area contributed by atoms with Crippen LogP contribution >= 0.6 is 0 Å². The minimum atomic E-state index is -0.651. The van der Waals surface area contributed by atoms with Gasteiger partial charge in [-0.15, -0.1) is 0 Å². The van der Waals surface area contributed by atoms with Crippen LogP contribution in [0.3, 0.4) is 0 Å². The first-order chi connectivity index (χ1) is 9.53. The lowest BCUT2D eigenvalue weighted by Crippen LogP contribution is -2.53. The maximum Gasteiger partial charge on any atom is 0.325 e. The summed E-state index contributed by atoms with van der Waals surface area (Å²) >= 11 is 0. The Bertz CT molecular complexity index is 326. The molecule has 0 aromatic rings. The normalized spacial score (nSPS) is 27.1. The molecule has 0 radical (unpaired) electrons. The second kappa shape index (κ2) is 6.87. The van der Waals surface area contributed by atoms with E-state index in [0.29, 0.717) is 25.0 Å². The number of methoxy groups -OCH3 is 1. The molecule has 2 rings (SSSR count). The standard InChI is InChI=1S/C15H27NO4/c1-11(20-10-12-6-7-19-9-12)8-15(2,14(17)18-3)16-13-4-5-13/h11-13,16H,4-10H2,1-3H3. The number of esters is 1. The van der Waals surface area contributed by atoms with Crippen molar-refractivity contribution >= 4 is 5.97 Å². The van der Waals surface area contributed by atoms with Crippen LogP contribution in [-0.4, -0.2) is 50.6 Å². The minimum Gasteiger partial charge on any atom is -0.468 e. The number of nitrogens with one attached hydrogen (secondary N) is 1. The molecule has 0 bridgehead atoms. The van der Waals surface area contributed by atoms with E-state index in [1.807, 2.05) is 13.8 Å². The zero-order valence-electron chi connectivity index (χ0n) is 12.8. The van der Waals surface area contributed by atoms with Gasteiger partial charge in [-0.05, 0) is 33.1 Å². The fourth-order valence-electron chi connectivity index (χ4n) is 2.75. The van der Waals surface area contributed by atoms with E-state index >= 15 is 0 Å². The van der Waals surface area contributed by atoms with Crippen LogP contribution in [-0.2, 0) is 19.0 Å². The van der Waals surface area contributed by atoms with Crippen LogP contribution in [0.15, 0.2) is 0 Å². The Kier molecular flexibility index (Phi) is 5.41. The zero-order chi connectivity index (χ0) is 14.6. The number of carbonyl (C=O) groups is 1. The Morgan fingerprint density at radius 1 is 1.45 bits per heavy atom. The Morgan fingerprint density at radius 3 is 2.75 bits per heavy atom. The van der Waals surface area contributed by atoms with E-state index in [4.69, 9.17) is 14.2 Å². The molecule has 3 atom stereocenters. The molecule has 0 aromatic carbocycles. The fourth-order valence-corrected chi connectivity index (χ4v) is 2.75. The molecule has 1 heterocycles. The van der Waals surface area contributed by atoms with Gasteiger partial charge in [0.15, 0.2) is 0 Å². The summed E-state index contributed by atoms with van der Waals surface area (Å²) in [6.45, 7) is 6.27. The van der Waals surface area contributed by atoms with Gasteiger partial charge in [0.2, 0.25) is 0 Å². The van der Waals surface area contributed by atoms with Gasteiger partial charge >= 0.3 is 5.97 Å². The van der Waals surface area contributed by atoms with Crippen LogP contribution < -0.4 is 5.32 Å². The van der Waals surface area contributed by atoms with Crippen molar-refractivity contribution in [3.05, 3.63) is 0 Å². The molecule has 2 fully saturated rings. The first-order valence-corrected chi connectivity index (χ1v) is 7.59. The summed E-state index contributed by atoms with van der Waals surface area (Å²) in [6.07, 6.45) is 4.00. The Hall–Kier alpha value is -0.650.